The third-order valence-corrected chi connectivity index (χ3v) is 7.51. The van der Waals surface area contributed by atoms with E-state index in [1.807, 2.05) is 0 Å². The molecule has 2 bridgehead atoms. The number of halogens is 1. The summed E-state index contributed by atoms with van der Waals surface area (Å²) >= 11 is 6.26. The summed E-state index contributed by atoms with van der Waals surface area (Å²) in [6.07, 6.45) is 5.62. The van der Waals surface area contributed by atoms with Crippen LogP contribution in [0.3, 0.4) is 0 Å². The number of aromatic nitrogens is 3. The van der Waals surface area contributed by atoms with Gasteiger partial charge in [0, 0.05) is 37.1 Å². The first-order valence-electron chi connectivity index (χ1n) is 11.3. The number of carbonyl (C=O) groups excluding carboxylic acids is 2. The quantitative estimate of drug-likeness (QED) is 0.691. The summed E-state index contributed by atoms with van der Waals surface area (Å²) in [6.45, 7) is 3.76. The van der Waals surface area contributed by atoms with E-state index in [1.54, 1.807) is 17.0 Å². The zero-order valence-electron chi connectivity index (χ0n) is 18.8. The number of nitrogens with zero attached hydrogens (tertiary/aromatic N) is 3. The number of hydrogen-bond acceptors (Lipinski definition) is 6. The fourth-order valence-corrected chi connectivity index (χ4v) is 5.48. The highest BCUT2D eigenvalue weighted by atomic mass is 35.5. The Morgan fingerprint density at radius 3 is 2.73 bits per heavy atom. The molecule has 0 aromatic carbocycles. The first-order valence-corrected chi connectivity index (χ1v) is 11.7. The predicted molar refractivity (Wildman–Crippen MR) is 121 cm³/mol. The van der Waals surface area contributed by atoms with Gasteiger partial charge in [-0.1, -0.05) is 11.6 Å². The molecule has 2 aliphatic heterocycles. The van der Waals surface area contributed by atoms with Gasteiger partial charge in [0.2, 0.25) is 11.8 Å². The summed E-state index contributed by atoms with van der Waals surface area (Å²) in [6, 6.07) is 3.37. The standard InChI is InChI=1S/C23H28ClN5O4/c1-22-5-6-23(12-22,13-33-22)26-20(30)14-3-7-29(8-4-14)21(31)18-10-17(27-28-18)15-9-19(32-2)25-11-16(15)24/h9-11,14H,3-8,12-13H2,1-2H3,(H,26,30)(H,27,28). The van der Waals surface area contributed by atoms with E-state index in [0.717, 1.165) is 19.3 Å². The Morgan fingerprint density at radius 1 is 1.30 bits per heavy atom. The number of aromatic amines is 1. The molecule has 176 valence electrons. The van der Waals surface area contributed by atoms with Crippen LogP contribution in [-0.2, 0) is 9.53 Å². The van der Waals surface area contributed by atoms with Crippen molar-refractivity contribution in [2.45, 2.75) is 50.2 Å². The van der Waals surface area contributed by atoms with Crippen LogP contribution in [0.25, 0.3) is 11.3 Å². The van der Waals surface area contributed by atoms with Gasteiger partial charge in [-0.3, -0.25) is 14.7 Å². The van der Waals surface area contributed by atoms with Crippen molar-refractivity contribution in [3.63, 3.8) is 0 Å². The molecule has 2 atom stereocenters. The van der Waals surface area contributed by atoms with Gasteiger partial charge >= 0.3 is 0 Å². The van der Waals surface area contributed by atoms with Gasteiger partial charge in [-0.2, -0.15) is 5.10 Å². The number of carbonyl (C=O) groups is 2. The predicted octanol–water partition coefficient (Wildman–Crippen LogP) is 2.81. The lowest BCUT2D eigenvalue weighted by atomic mass is 9.92. The third kappa shape index (κ3) is 4.19. The van der Waals surface area contributed by atoms with Crippen LogP contribution in [-0.4, -0.2) is 69.8 Å². The Kier molecular flexibility index (Phi) is 5.56. The van der Waals surface area contributed by atoms with Crippen molar-refractivity contribution >= 4 is 23.4 Å². The number of pyridine rings is 1. The normalized spacial score (nSPS) is 27.1. The van der Waals surface area contributed by atoms with Gasteiger partial charge in [-0.25, -0.2) is 4.98 Å². The fraction of sp³-hybridized carbons (Fsp3) is 0.565. The van der Waals surface area contributed by atoms with E-state index in [2.05, 4.69) is 27.4 Å². The van der Waals surface area contributed by atoms with E-state index in [9.17, 15) is 9.59 Å². The topological polar surface area (TPSA) is 109 Å². The van der Waals surface area contributed by atoms with Crippen molar-refractivity contribution in [2.75, 3.05) is 26.8 Å². The molecular weight excluding hydrogens is 446 g/mol. The zero-order valence-corrected chi connectivity index (χ0v) is 19.6. The molecule has 2 aromatic rings. The van der Waals surface area contributed by atoms with E-state index < -0.39 is 0 Å². The fourth-order valence-electron chi connectivity index (χ4n) is 5.27. The highest BCUT2D eigenvalue weighted by Crippen LogP contribution is 2.47. The van der Waals surface area contributed by atoms with Gasteiger partial charge in [0.25, 0.3) is 5.91 Å². The summed E-state index contributed by atoms with van der Waals surface area (Å²) in [4.78, 5) is 31.7. The third-order valence-electron chi connectivity index (χ3n) is 7.21. The van der Waals surface area contributed by atoms with Crippen molar-refractivity contribution in [2.24, 2.45) is 5.92 Å². The van der Waals surface area contributed by atoms with Crippen LogP contribution in [0.15, 0.2) is 18.3 Å². The van der Waals surface area contributed by atoms with E-state index in [4.69, 9.17) is 21.1 Å². The van der Waals surface area contributed by atoms with Crippen LogP contribution in [0.4, 0.5) is 0 Å². The molecule has 9 nitrogen and oxygen atoms in total. The Labute approximate surface area is 197 Å². The molecule has 4 heterocycles. The SMILES string of the molecule is COc1cc(-c2cc(C(=O)N3CCC(C(=O)NC45CCC(C)(C4)OC5)CC3)n[nH]2)c(Cl)cn1. The molecule has 2 aromatic heterocycles. The van der Waals surface area contributed by atoms with Gasteiger partial charge in [0.1, 0.15) is 0 Å². The van der Waals surface area contributed by atoms with Gasteiger partial charge in [0.15, 0.2) is 5.69 Å². The molecule has 0 radical (unpaired) electrons. The zero-order chi connectivity index (χ0) is 23.2. The van der Waals surface area contributed by atoms with Crippen molar-refractivity contribution in [1.29, 1.82) is 0 Å². The van der Waals surface area contributed by atoms with Crippen LogP contribution in [0, 0.1) is 5.92 Å². The van der Waals surface area contributed by atoms with Gasteiger partial charge in [-0.05, 0) is 38.7 Å². The van der Waals surface area contributed by atoms with Gasteiger partial charge in [-0.15, -0.1) is 0 Å². The smallest absolute Gasteiger partial charge is 0.274 e. The molecule has 2 amide bonds. The van der Waals surface area contributed by atoms with Crippen molar-refractivity contribution in [1.82, 2.24) is 25.4 Å². The minimum atomic E-state index is -0.207. The van der Waals surface area contributed by atoms with E-state index in [-0.39, 0.29) is 28.9 Å². The van der Waals surface area contributed by atoms with Crippen LogP contribution >= 0.6 is 11.6 Å². The first kappa shape index (κ1) is 22.2. The van der Waals surface area contributed by atoms with Gasteiger partial charge < -0.3 is 19.7 Å². The van der Waals surface area contributed by atoms with E-state index in [0.29, 0.717) is 60.4 Å². The molecule has 1 saturated carbocycles. The molecule has 10 heteroatoms. The second-order valence-corrected chi connectivity index (χ2v) is 10.0. The number of nitrogens with one attached hydrogen (secondary N) is 2. The molecule has 3 fully saturated rings. The largest absolute Gasteiger partial charge is 0.481 e. The highest BCUT2D eigenvalue weighted by molar-refractivity contribution is 6.33. The van der Waals surface area contributed by atoms with Crippen molar-refractivity contribution < 1.29 is 19.1 Å². The number of likely N-dealkylation sites (tertiary alicyclic amines) is 1. The van der Waals surface area contributed by atoms with Crippen LogP contribution in [0.2, 0.25) is 5.02 Å². The first-order chi connectivity index (χ1) is 15.8. The minimum absolute atomic E-state index is 0.0835. The Bertz CT molecular complexity index is 1070. The molecule has 3 aliphatic rings. The number of H-pyrrole nitrogens is 1. The lowest BCUT2D eigenvalue weighted by Crippen LogP contribution is -2.52. The number of amides is 2. The molecule has 2 N–H and O–H groups in total. The van der Waals surface area contributed by atoms with E-state index >= 15 is 0 Å². The average molecular weight is 474 g/mol. The maximum atomic E-state index is 13.0. The molecule has 5 rings (SSSR count). The summed E-state index contributed by atoms with van der Waals surface area (Å²) in [5.41, 5.74) is 1.29. The monoisotopic (exact) mass is 473 g/mol. The molecule has 33 heavy (non-hydrogen) atoms. The van der Waals surface area contributed by atoms with Crippen LogP contribution in [0.5, 0.6) is 5.88 Å². The minimum Gasteiger partial charge on any atom is -0.481 e. The van der Waals surface area contributed by atoms with Gasteiger partial charge in [0.05, 0.1) is 41.8 Å². The number of rotatable bonds is 5. The molecular formula is C23H28ClN5O4. The summed E-state index contributed by atoms with van der Waals surface area (Å²) in [5, 5.41) is 10.8. The van der Waals surface area contributed by atoms with Crippen molar-refractivity contribution in [3.8, 4) is 17.1 Å². The highest BCUT2D eigenvalue weighted by Gasteiger charge is 2.54. The van der Waals surface area contributed by atoms with Crippen LogP contribution < -0.4 is 10.1 Å². The average Bonchev–Trinajstić information content (AvgIpc) is 3.52. The summed E-state index contributed by atoms with van der Waals surface area (Å²) in [5.74, 6) is 0.250. The lowest BCUT2D eigenvalue weighted by Gasteiger charge is -2.34. The maximum absolute atomic E-state index is 13.0. The number of fused-ring (bicyclic) bond motifs is 2. The molecule has 1 aliphatic carbocycles. The second-order valence-electron chi connectivity index (χ2n) is 9.62. The molecule has 2 saturated heterocycles. The lowest BCUT2D eigenvalue weighted by molar-refractivity contribution is -0.128. The Balaban J connectivity index is 1.19. The van der Waals surface area contributed by atoms with Crippen LogP contribution in [0.1, 0.15) is 49.5 Å². The molecule has 0 spiro atoms. The number of methoxy groups -OCH3 is 1. The molecule has 2 unspecified atom stereocenters. The summed E-state index contributed by atoms with van der Waals surface area (Å²) in [7, 11) is 1.53. The van der Waals surface area contributed by atoms with E-state index in [1.165, 1.54) is 13.3 Å². The number of ether oxygens (including phenoxy) is 2. The summed E-state index contributed by atoms with van der Waals surface area (Å²) < 4.78 is 11.0. The second kappa shape index (κ2) is 8.29. The Hall–Kier alpha value is -2.65. The number of hydrogen-bond donors (Lipinski definition) is 2. The Morgan fingerprint density at radius 2 is 2.09 bits per heavy atom. The van der Waals surface area contributed by atoms with Crippen molar-refractivity contribution in [3.05, 3.63) is 29.0 Å². The number of piperidine rings is 1. The maximum Gasteiger partial charge on any atom is 0.274 e.